The summed E-state index contributed by atoms with van der Waals surface area (Å²) < 4.78 is 2.43. The Bertz CT molecular complexity index is 3950. The van der Waals surface area contributed by atoms with E-state index in [4.69, 9.17) is 0 Å². The van der Waals surface area contributed by atoms with Gasteiger partial charge in [0.1, 0.15) is 0 Å². The molecule has 68 heavy (non-hydrogen) atoms. The van der Waals surface area contributed by atoms with Crippen LogP contribution in [-0.2, 0) is 0 Å². The van der Waals surface area contributed by atoms with E-state index in [-0.39, 0.29) is 0 Å². The molecule has 2 nitrogen and oxygen atoms in total. The molecule has 0 saturated heterocycles. The Morgan fingerprint density at radius 2 is 0.662 bits per heavy atom. The molecule has 12 aromatic carbocycles. The minimum absolute atomic E-state index is 1.08. The Morgan fingerprint density at radius 1 is 0.235 bits per heavy atom. The molecule has 1 heterocycles. The Morgan fingerprint density at radius 3 is 1.32 bits per heavy atom. The minimum Gasteiger partial charge on any atom is -0.311 e. The molecule has 1 aromatic heterocycles. The summed E-state index contributed by atoms with van der Waals surface area (Å²) in [5.74, 6) is 0. The monoisotopic (exact) mass is 864 g/mol. The average Bonchev–Trinajstić information content (AvgIpc) is 3.75. The van der Waals surface area contributed by atoms with Crippen LogP contribution in [0.15, 0.2) is 267 Å². The zero-order valence-corrected chi connectivity index (χ0v) is 37.3. The smallest absolute Gasteiger partial charge is 0.0541 e. The van der Waals surface area contributed by atoms with Crippen molar-refractivity contribution in [2.75, 3.05) is 4.90 Å². The van der Waals surface area contributed by atoms with Gasteiger partial charge in [-0.2, -0.15) is 0 Å². The fourth-order valence-corrected chi connectivity index (χ4v) is 10.5. The maximum Gasteiger partial charge on any atom is 0.0541 e. The van der Waals surface area contributed by atoms with Crippen LogP contribution in [-0.4, -0.2) is 4.57 Å². The van der Waals surface area contributed by atoms with Crippen LogP contribution in [0.5, 0.6) is 0 Å². The number of para-hydroxylation sites is 3. The van der Waals surface area contributed by atoms with Crippen LogP contribution in [0.3, 0.4) is 0 Å². The quantitative estimate of drug-likeness (QED) is 0.138. The van der Waals surface area contributed by atoms with Crippen LogP contribution >= 0.6 is 0 Å². The molecule has 318 valence electrons. The molecule has 0 fully saturated rings. The largest absolute Gasteiger partial charge is 0.311 e. The van der Waals surface area contributed by atoms with Gasteiger partial charge in [0.2, 0.25) is 0 Å². The third-order valence-electron chi connectivity index (χ3n) is 13.8. The Hall–Kier alpha value is -8.98. The Labute approximate surface area is 395 Å². The summed E-state index contributed by atoms with van der Waals surface area (Å²) in [6.45, 7) is 0. The first kappa shape index (κ1) is 39.4. The van der Waals surface area contributed by atoms with Crippen molar-refractivity contribution in [2.45, 2.75) is 0 Å². The number of hydrogen-bond donors (Lipinski definition) is 0. The zero-order chi connectivity index (χ0) is 45.0. The van der Waals surface area contributed by atoms with Crippen molar-refractivity contribution in [2.24, 2.45) is 0 Å². The van der Waals surface area contributed by atoms with Crippen LogP contribution in [0.4, 0.5) is 17.1 Å². The third-order valence-corrected chi connectivity index (χ3v) is 13.8. The highest BCUT2D eigenvalue weighted by Gasteiger charge is 2.19. The van der Waals surface area contributed by atoms with E-state index in [0.29, 0.717) is 0 Å². The molecule has 2 heteroatoms. The molecular formula is C66H44N2. The first-order valence-corrected chi connectivity index (χ1v) is 23.4. The maximum atomic E-state index is 2.43. The first-order valence-electron chi connectivity index (χ1n) is 23.4. The number of rotatable bonds is 8. The van der Waals surface area contributed by atoms with Gasteiger partial charge < -0.3 is 9.47 Å². The van der Waals surface area contributed by atoms with E-state index in [9.17, 15) is 0 Å². The molecule has 0 spiro atoms. The van der Waals surface area contributed by atoms with E-state index in [1.165, 1.54) is 93.1 Å². The molecule has 0 amide bonds. The van der Waals surface area contributed by atoms with E-state index in [2.05, 4.69) is 276 Å². The first-order chi connectivity index (χ1) is 33.7. The van der Waals surface area contributed by atoms with Gasteiger partial charge in [0.25, 0.3) is 0 Å². The van der Waals surface area contributed by atoms with E-state index >= 15 is 0 Å². The zero-order valence-electron chi connectivity index (χ0n) is 37.3. The van der Waals surface area contributed by atoms with Crippen molar-refractivity contribution in [3.8, 4) is 50.2 Å². The second-order valence-electron chi connectivity index (χ2n) is 17.7. The second-order valence-corrected chi connectivity index (χ2v) is 17.7. The topological polar surface area (TPSA) is 8.17 Å². The lowest BCUT2D eigenvalue weighted by atomic mass is 9.93. The van der Waals surface area contributed by atoms with Crippen LogP contribution < -0.4 is 4.90 Å². The van der Waals surface area contributed by atoms with Gasteiger partial charge in [0.05, 0.1) is 16.7 Å². The number of aromatic nitrogens is 1. The van der Waals surface area contributed by atoms with Crippen LogP contribution in [0.2, 0.25) is 0 Å². The summed E-state index contributed by atoms with van der Waals surface area (Å²) in [5, 5.41) is 10.1. The predicted octanol–water partition coefficient (Wildman–Crippen LogP) is 18.4. The summed E-state index contributed by atoms with van der Waals surface area (Å²) in [6.07, 6.45) is 0. The lowest BCUT2D eigenvalue weighted by Crippen LogP contribution is -2.09. The van der Waals surface area contributed by atoms with Gasteiger partial charge in [-0.25, -0.2) is 0 Å². The highest BCUT2D eigenvalue weighted by molar-refractivity contribution is 6.10. The molecule has 0 N–H and O–H groups in total. The third kappa shape index (κ3) is 6.73. The molecule has 0 aliphatic carbocycles. The molecule has 0 aliphatic rings. The van der Waals surface area contributed by atoms with Gasteiger partial charge in [0.15, 0.2) is 0 Å². The summed E-state index contributed by atoms with van der Waals surface area (Å²) in [4.78, 5) is 2.37. The standard InChI is InChI=1S/C66H44N2/c1-3-17-55-46(14-1)16-13-24-57(55)48-32-39-53(40-33-48)67(52-37-30-45(31-38-52)50-36-43-59-51(44-50)29-28-47-15-2-4-18-56(47)59)54-41-34-49(35-42-54)58-19-5-6-20-60(58)61-21-7-10-25-64(61)68-65-26-11-8-22-62(65)63-23-9-12-27-66(63)68/h1-44H. The summed E-state index contributed by atoms with van der Waals surface area (Å²) in [7, 11) is 0. The van der Waals surface area contributed by atoms with Crippen molar-refractivity contribution in [1.82, 2.24) is 4.57 Å². The highest BCUT2D eigenvalue weighted by Crippen LogP contribution is 2.42. The molecule has 0 atom stereocenters. The Kier molecular flexibility index (Phi) is 9.54. The Balaban J connectivity index is 0.893. The van der Waals surface area contributed by atoms with Crippen molar-refractivity contribution < 1.29 is 0 Å². The minimum atomic E-state index is 1.08. The molecule has 0 unspecified atom stereocenters. The van der Waals surface area contributed by atoms with Gasteiger partial charge in [-0.3, -0.25) is 0 Å². The number of fused-ring (bicyclic) bond motifs is 7. The van der Waals surface area contributed by atoms with E-state index in [1.54, 1.807) is 0 Å². The van der Waals surface area contributed by atoms with E-state index < -0.39 is 0 Å². The average molecular weight is 865 g/mol. The fourth-order valence-electron chi connectivity index (χ4n) is 10.5. The normalized spacial score (nSPS) is 11.5. The van der Waals surface area contributed by atoms with Gasteiger partial charge in [-0.05, 0) is 132 Å². The van der Waals surface area contributed by atoms with Crippen LogP contribution in [0.25, 0.3) is 104 Å². The van der Waals surface area contributed by atoms with Crippen molar-refractivity contribution >= 4 is 71.2 Å². The van der Waals surface area contributed by atoms with E-state index in [0.717, 1.165) is 28.3 Å². The highest BCUT2D eigenvalue weighted by atomic mass is 15.1. The second kappa shape index (κ2) is 16.5. The summed E-state index contributed by atoms with van der Waals surface area (Å²) in [6, 6.07) is 97.4. The summed E-state index contributed by atoms with van der Waals surface area (Å²) in [5.41, 5.74) is 16.4. The van der Waals surface area contributed by atoms with Crippen LogP contribution in [0.1, 0.15) is 0 Å². The number of hydrogen-bond acceptors (Lipinski definition) is 1. The van der Waals surface area contributed by atoms with Crippen molar-refractivity contribution in [1.29, 1.82) is 0 Å². The van der Waals surface area contributed by atoms with Crippen molar-refractivity contribution in [3.05, 3.63) is 267 Å². The maximum absolute atomic E-state index is 2.43. The predicted molar refractivity (Wildman–Crippen MR) is 290 cm³/mol. The van der Waals surface area contributed by atoms with Crippen LogP contribution in [0, 0.1) is 0 Å². The molecular weight excluding hydrogens is 821 g/mol. The number of nitrogens with zero attached hydrogens (tertiary/aromatic N) is 2. The molecule has 13 rings (SSSR count). The molecule has 0 radical (unpaired) electrons. The molecule has 0 bridgehead atoms. The number of benzene rings is 12. The van der Waals surface area contributed by atoms with Gasteiger partial charge >= 0.3 is 0 Å². The molecule has 13 aromatic rings. The fraction of sp³-hybridized carbons (Fsp3) is 0. The number of anilines is 3. The lowest BCUT2D eigenvalue weighted by molar-refractivity contribution is 1.18. The lowest BCUT2D eigenvalue weighted by Gasteiger charge is -2.26. The van der Waals surface area contributed by atoms with E-state index in [1.807, 2.05) is 0 Å². The molecule has 0 saturated carbocycles. The van der Waals surface area contributed by atoms with Crippen molar-refractivity contribution in [3.63, 3.8) is 0 Å². The van der Waals surface area contributed by atoms with Gasteiger partial charge in [-0.1, -0.05) is 206 Å². The van der Waals surface area contributed by atoms with Gasteiger partial charge in [0, 0.05) is 33.4 Å². The SMILES string of the molecule is c1ccc(-c2ccccc2-n2c3ccccc3c3ccccc32)c(-c2ccc(N(c3ccc(-c4ccc5c(ccc6ccccc65)c4)cc3)c3ccc(-c4cccc5ccccc45)cc3)cc2)c1. The van der Waals surface area contributed by atoms with Gasteiger partial charge in [-0.15, -0.1) is 0 Å². The molecule has 0 aliphatic heterocycles. The summed E-state index contributed by atoms with van der Waals surface area (Å²) >= 11 is 0.